The Bertz CT molecular complexity index is 1120. The summed E-state index contributed by atoms with van der Waals surface area (Å²) < 4.78 is 5.94. The Labute approximate surface area is 127 Å². The van der Waals surface area contributed by atoms with Gasteiger partial charge in [0.05, 0.1) is 10.8 Å². The molecule has 3 aromatic carbocycles. The van der Waals surface area contributed by atoms with E-state index in [-0.39, 0.29) is 5.43 Å². The second kappa shape index (κ2) is 4.57. The Morgan fingerprint density at radius 2 is 1.73 bits per heavy atom. The molecule has 0 radical (unpaired) electrons. The second-order valence-electron chi connectivity index (χ2n) is 5.55. The number of benzene rings is 3. The molecule has 0 atom stereocenters. The Morgan fingerprint density at radius 1 is 0.909 bits per heavy atom. The van der Waals surface area contributed by atoms with Gasteiger partial charge in [-0.1, -0.05) is 48.6 Å². The molecular formula is C20H14O2. The fraction of sp³-hybridized carbons (Fsp3) is 0.0500. The zero-order chi connectivity index (χ0) is 15.3. The van der Waals surface area contributed by atoms with Gasteiger partial charge in [0, 0.05) is 5.39 Å². The van der Waals surface area contributed by atoms with Crippen LogP contribution in [0, 0.1) is 0 Å². The van der Waals surface area contributed by atoms with Crippen LogP contribution in [0.3, 0.4) is 0 Å². The summed E-state index contributed by atoms with van der Waals surface area (Å²) in [4.78, 5) is 13.0. The number of fused-ring (bicyclic) bond motifs is 4. The van der Waals surface area contributed by atoms with Crippen LogP contribution in [0.15, 0.2) is 70.4 Å². The van der Waals surface area contributed by atoms with Gasteiger partial charge in [0.15, 0.2) is 0 Å². The minimum absolute atomic E-state index is 0.0103. The predicted molar refractivity (Wildman–Crippen MR) is 92.2 cm³/mol. The zero-order valence-corrected chi connectivity index (χ0v) is 12.2. The third-order valence-corrected chi connectivity index (χ3v) is 4.05. The summed E-state index contributed by atoms with van der Waals surface area (Å²) in [7, 11) is 0. The Kier molecular flexibility index (Phi) is 2.67. The van der Waals surface area contributed by atoms with Crippen LogP contribution in [0.2, 0.25) is 0 Å². The average Bonchev–Trinajstić information content (AvgIpc) is 2.54. The van der Waals surface area contributed by atoms with E-state index in [4.69, 9.17) is 4.42 Å². The van der Waals surface area contributed by atoms with Gasteiger partial charge < -0.3 is 4.42 Å². The van der Waals surface area contributed by atoms with Gasteiger partial charge in [0.1, 0.15) is 11.2 Å². The topological polar surface area (TPSA) is 30.2 Å². The third kappa shape index (κ3) is 1.70. The molecule has 2 heteroatoms. The lowest BCUT2D eigenvalue weighted by atomic mass is 9.96. The lowest BCUT2D eigenvalue weighted by Crippen LogP contribution is -2.03. The SMILES string of the molecule is C=C(C)c1cccc2ccc3oc4ccccc4c(=O)c3c12. The van der Waals surface area contributed by atoms with Crippen molar-refractivity contribution >= 4 is 38.3 Å². The highest BCUT2D eigenvalue weighted by atomic mass is 16.3. The number of hydrogen-bond acceptors (Lipinski definition) is 2. The largest absolute Gasteiger partial charge is 0.456 e. The van der Waals surface area contributed by atoms with E-state index in [1.807, 2.05) is 61.5 Å². The van der Waals surface area contributed by atoms with Crippen LogP contribution in [0.4, 0.5) is 0 Å². The summed E-state index contributed by atoms with van der Waals surface area (Å²) in [5, 5.41) is 3.19. The Hall–Kier alpha value is -2.87. The highest BCUT2D eigenvalue weighted by molar-refractivity contribution is 6.12. The molecule has 0 spiro atoms. The Balaban J connectivity index is 2.36. The molecule has 0 aliphatic carbocycles. The van der Waals surface area contributed by atoms with E-state index in [1.54, 1.807) is 0 Å². The third-order valence-electron chi connectivity index (χ3n) is 4.05. The highest BCUT2D eigenvalue weighted by Crippen LogP contribution is 2.31. The molecule has 2 nitrogen and oxygen atoms in total. The Morgan fingerprint density at radius 3 is 2.55 bits per heavy atom. The minimum Gasteiger partial charge on any atom is -0.456 e. The van der Waals surface area contributed by atoms with Gasteiger partial charge in [-0.05, 0) is 36.1 Å². The van der Waals surface area contributed by atoms with E-state index in [9.17, 15) is 4.79 Å². The molecule has 0 aliphatic rings. The highest BCUT2D eigenvalue weighted by Gasteiger charge is 2.13. The van der Waals surface area contributed by atoms with E-state index in [0.717, 1.165) is 21.9 Å². The van der Waals surface area contributed by atoms with Gasteiger partial charge >= 0.3 is 0 Å². The maximum Gasteiger partial charge on any atom is 0.201 e. The van der Waals surface area contributed by atoms with Crippen LogP contribution in [-0.2, 0) is 0 Å². The van der Waals surface area contributed by atoms with Crippen molar-refractivity contribution in [1.29, 1.82) is 0 Å². The molecule has 0 N–H and O–H groups in total. The van der Waals surface area contributed by atoms with Gasteiger partial charge in [-0.2, -0.15) is 0 Å². The molecule has 0 unspecified atom stereocenters. The van der Waals surface area contributed by atoms with Crippen molar-refractivity contribution in [1.82, 2.24) is 0 Å². The van der Waals surface area contributed by atoms with E-state index >= 15 is 0 Å². The molecule has 22 heavy (non-hydrogen) atoms. The van der Waals surface area contributed by atoms with Crippen LogP contribution in [0.25, 0.3) is 38.3 Å². The molecule has 0 bridgehead atoms. The minimum atomic E-state index is 0.0103. The lowest BCUT2D eigenvalue weighted by molar-refractivity contribution is 0.660. The summed E-state index contributed by atoms with van der Waals surface area (Å²) in [6.07, 6.45) is 0. The predicted octanol–water partition coefficient (Wildman–Crippen LogP) is 5.13. The molecule has 0 saturated heterocycles. The van der Waals surface area contributed by atoms with E-state index < -0.39 is 0 Å². The monoisotopic (exact) mass is 286 g/mol. The number of rotatable bonds is 1. The molecule has 1 aromatic heterocycles. The molecular weight excluding hydrogens is 272 g/mol. The molecule has 0 fully saturated rings. The van der Waals surface area contributed by atoms with Crippen LogP contribution in [0.5, 0.6) is 0 Å². The summed E-state index contributed by atoms with van der Waals surface area (Å²) in [6, 6.07) is 17.2. The molecule has 0 saturated carbocycles. The van der Waals surface area contributed by atoms with E-state index in [2.05, 4.69) is 6.58 Å². The van der Waals surface area contributed by atoms with Gasteiger partial charge in [-0.15, -0.1) is 0 Å². The van der Waals surface area contributed by atoms with E-state index in [1.165, 1.54) is 0 Å². The van der Waals surface area contributed by atoms with Crippen molar-refractivity contribution in [3.8, 4) is 0 Å². The van der Waals surface area contributed by atoms with Gasteiger partial charge in [-0.25, -0.2) is 0 Å². The van der Waals surface area contributed by atoms with Crippen LogP contribution in [0.1, 0.15) is 12.5 Å². The van der Waals surface area contributed by atoms with Crippen molar-refractivity contribution in [2.75, 3.05) is 0 Å². The first-order valence-corrected chi connectivity index (χ1v) is 7.20. The zero-order valence-electron chi connectivity index (χ0n) is 12.2. The van der Waals surface area contributed by atoms with Crippen LogP contribution < -0.4 is 5.43 Å². The van der Waals surface area contributed by atoms with Crippen molar-refractivity contribution in [3.05, 3.63) is 77.0 Å². The number of allylic oxidation sites excluding steroid dienone is 1. The van der Waals surface area contributed by atoms with Gasteiger partial charge in [0.2, 0.25) is 5.43 Å². The number of para-hydroxylation sites is 1. The normalized spacial score (nSPS) is 11.3. The standard InChI is InChI=1S/C20H14O2/c1-12(2)14-8-5-6-13-10-11-17-19(18(13)14)20(21)15-7-3-4-9-16(15)22-17/h3-11H,1H2,2H3. The lowest BCUT2D eigenvalue weighted by Gasteiger charge is -2.09. The smallest absolute Gasteiger partial charge is 0.201 e. The quantitative estimate of drug-likeness (QED) is 0.358. The van der Waals surface area contributed by atoms with Gasteiger partial charge in [-0.3, -0.25) is 4.79 Å². The molecule has 1 heterocycles. The van der Waals surface area contributed by atoms with Gasteiger partial charge in [0.25, 0.3) is 0 Å². The fourth-order valence-corrected chi connectivity index (χ4v) is 3.02. The van der Waals surface area contributed by atoms with Crippen LogP contribution >= 0.6 is 0 Å². The average molecular weight is 286 g/mol. The molecule has 4 rings (SSSR count). The van der Waals surface area contributed by atoms with Crippen LogP contribution in [-0.4, -0.2) is 0 Å². The summed E-state index contributed by atoms with van der Waals surface area (Å²) >= 11 is 0. The number of hydrogen-bond donors (Lipinski definition) is 0. The summed E-state index contributed by atoms with van der Waals surface area (Å²) in [5.74, 6) is 0. The maximum atomic E-state index is 13.0. The van der Waals surface area contributed by atoms with Crippen molar-refractivity contribution in [3.63, 3.8) is 0 Å². The van der Waals surface area contributed by atoms with Crippen molar-refractivity contribution in [2.24, 2.45) is 0 Å². The fourth-order valence-electron chi connectivity index (χ4n) is 3.02. The summed E-state index contributed by atoms with van der Waals surface area (Å²) in [6.45, 7) is 6.00. The van der Waals surface area contributed by atoms with E-state index in [0.29, 0.717) is 21.9 Å². The molecule has 4 aromatic rings. The first-order chi connectivity index (χ1) is 10.7. The first kappa shape index (κ1) is 12.8. The van der Waals surface area contributed by atoms with Crippen molar-refractivity contribution in [2.45, 2.75) is 6.92 Å². The molecule has 0 aliphatic heterocycles. The first-order valence-electron chi connectivity index (χ1n) is 7.20. The maximum absolute atomic E-state index is 13.0. The molecule has 106 valence electrons. The van der Waals surface area contributed by atoms with Crippen molar-refractivity contribution < 1.29 is 4.42 Å². The second-order valence-corrected chi connectivity index (χ2v) is 5.55. The summed E-state index contributed by atoms with van der Waals surface area (Å²) in [5.41, 5.74) is 3.17. The molecule has 0 amide bonds.